The highest BCUT2D eigenvalue weighted by Crippen LogP contribution is 2.67. The molecule has 188 valence electrons. The molecule has 0 aliphatic heterocycles. The minimum absolute atomic E-state index is 0.0660. The molecule has 0 bridgehead atoms. The maximum atomic E-state index is 12.0. The molecule has 0 aromatic rings. The largest absolute Gasteiger partial charge is 0.462 e. The van der Waals surface area contributed by atoms with E-state index in [9.17, 15) is 4.79 Å². The van der Waals surface area contributed by atoms with Crippen molar-refractivity contribution in [2.45, 2.75) is 118 Å². The van der Waals surface area contributed by atoms with Crippen molar-refractivity contribution >= 4 is 5.97 Å². The van der Waals surface area contributed by atoms with Crippen LogP contribution >= 0.6 is 0 Å². The normalized spacial score (nSPS) is 41.1. The third kappa shape index (κ3) is 4.82. The quantitative estimate of drug-likeness (QED) is 0.307. The first-order valence-corrected chi connectivity index (χ1v) is 14.3. The summed E-state index contributed by atoms with van der Waals surface area (Å²) in [7, 11) is 0. The van der Waals surface area contributed by atoms with Gasteiger partial charge in [0, 0.05) is 13.0 Å². The predicted molar refractivity (Wildman–Crippen MR) is 137 cm³/mol. The standard InChI is InChI=1S/C30H51NO2/c1-20(2)7-6-8-21(3)25-11-12-26-24-10-9-22-19-23(33-28(32)15-18-31)13-16-29(22,4)27(24)14-17-30(25,26)5/h9,20-21,23-27H,6-8,10-19,31H2,1-5H3/t21-,23?,24?,25-,26?,27?,29+,30-/m1/s1. The summed E-state index contributed by atoms with van der Waals surface area (Å²) >= 11 is 0. The van der Waals surface area contributed by atoms with E-state index in [0.717, 1.165) is 48.3 Å². The first-order valence-electron chi connectivity index (χ1n) is 14.3. The second kappa shape index (κ2) is 10.0. The third-order valence-electron chi connectivity index (χ3n) is 10.9. The van der Waals surface area contributed by atoms with Crippen LogP contribution in [0.1, 0.15) is 112 Å². The van der Waals surface area contributed by atoms with Gasteiger partial charge in [0.15, 0.2) is 0 Å². The van der Waals surface area contributed by atoms with Crippen molar-refractivity contribution in [1.29, 1.82) is 0 Å². The Hall–Kier alpha value is -0.830. The monoisotopic (exact) mass is 457 g/mol. The Kier molecular flexibility index (Phi) is 7.68. The molecule has 3 nitrogen and oxygen atoms in total. The Morgan fingerprint density at radius 3 is 2.61 bits per heavy atom. The summed E-state index contributed by atoms with van der Waals surface area (Å²) in [6.45, 7) is 12.9. The first-order chi connectivity index (χ1) is 15.7. The van der Waals surface area contributed by atoms with Gasteiger partial charge < -0.3 is 10.5 Å². The maximum Gasteiger partial charge on any atom is 0.307 e. The number of nitrogens with two attached hydrogens (primary N) is 1. The van der Waals surface area contributed by atoms with Crippen molar-refractivity contribution in [3.63, 3.8) is 0 Å². The molecule has 0 amide bonds. The van der Waals surface area contributed by atoms with E-state index in [1.165, 1.54) is 57.8 Å². The van der Waals surface area contributed by atoms with Crippen LogP contribution in [0.4, 0.5) is 0 Å². The molecule has 0 aromatic heterocycles. The van der Waals surface area contributed by atoms with Gasteiger partial charge in [-0.25, -0.2) is 0 Å². The summed E-state index contributed by atoms with van der Waals surface area (Å²) in [5.74, 6) is 5.11. The number of fused-ring (bicyclic) bond motifs is 5. The van der Waals surface area contributed by atoms with Gasteiger partial charge in [-0.1, -0.05) is 65.5 Å². The van der Waals surface area contributed by atoms with E-state index in [0.29, 0.717) is 23.8 Å². The van der Waals surface area contributed by atoms with Crippen LogP contribution < -0.4 is 5.73 Å². The van der Waals surface area contributed by atoms with Crippen molar-refractivity contribution in [2.75, 3.05) is 6.54 Å². The number of hydrogen-bond acceptors (Lipinski definition) is 3. The van der Waals surface area contributed by atoms with Crippen molar-refractivity contribution < 1.29 is 9.53 Å². The smallest absolute Gasteiger partial charge is 0.307 e. The van der Waals surface area contributed by atoms with Crippen LogP contribution in [0.3, 0.4) is 0 Å². The van der Waals surface area contributed by atoms with Gasteiger partial charge in [-0.2, -0.15) is 0 Å². The lowest BCUT2D eigenvalue weighted by molar-refractivity contribution is -0.151. The van der Waals surface area contributed by atoms with E-state index in [-0.39, 0.29) is 12.1 Å². The number of esters is 1. The summed E-state index contributed by atoms with van der Waals surface area (Å²) in [6.07, 6.45) is 17.4. The number of hydrogen-bond donors (Lipinski definition) is 1. The zero-order chi connectivity index (χ0) is 23.8. The molecule has 3 saturated carbocycles. The van der Waals surface area contributed by atoms with Crippen LogP contribution in [-0.4, -0.2) is 18.6 Å². The maximum absolute atomic E-state index is 12.0. The number of carbonyl (C=O) groups excluding carboxylic acids is 1. The Bertz CT molecular complexity index is 729. The van der Waals surface area contributed by atoms with Gasteiger partial charge in [0.05, 0.1) is 6.42 Å². The van der Waals surface area contributed by atoms with Crippen molar-refractivity contribution in [3.05, 3.63) is 11.6 Å². The van der Waals surface area contributed by atoms with Crippen LogP contribution in [0.5, 0.6) is 0 Å². The Morgan fingerprint density at radius 2 is 1.88 bits per heavy atom. The summed E-state index contributed by atoms with van der Waals surface area (Å²) < 4.78 is 5.77. The Labute approximate surface area is 203 Å². The Morgan fingerprint density at radius 1 is 1.09 bits per heavy atom. The lowest BCUT2D eigenvalue weighted by Gasteiger charge is -2.58. The van der Waals surface area contributed by atoms with Gasteiger partial charge in [0.1, 0.15) is 6.10 Å². The fourth-order valence-corrected chi connectivity index (χ4v) is 9.12. The highest BCUT2D eigenvalue weighted by atomic mass is 16.5. The van der Waals surface area contributed by atoms with E-state index in [1.54, 1.807) is 5.57 Å². The summed E-state index contributed by atoms with van der Waals surface area (Å²) in [5, 5.41) is 0. The molecule has 8 atom stereocenters. The van der Waals surface area contributed by atoms with Gasteiger partial charge in [0.25, 0.3) is 0 Å². The number of ether oxygens (including phenoxy) is 1. The molecular weight excluding hydrogens is 406 g/mol. The molecule has 0 saturated heterocycles. The van der Waals surface area contributed by atoms with Crippen LogP contribution in [-0.2, 0) is 9.53 Å². The highest BCUT2D eigenvalue weighted by molar-refractivity contribution is 5.69. The molecule has 0 spiro atoms. The minimum atomic E-state index is -0.117. The molecule has 0 aromatic carbocycles. The van der Waals surface area contributed by atoms with Crippen LogP contribution in [0.15, 0.2) is 11.6 Å². The molecule has 3 heteroatoms. The highest BCUT2D eigenvalue weighted by Gasteiger charge is 2.59. The average molecular weight is 458 g/mol. The van der Waals surface area contributed by atoms with E-state index >= 15 is 0 Å². The topological polar surface area (TPSA) is 52.3 Å². The zero-order valence-corrected chi connectivity index (χ0v) is 22.2. The molecule has 4 unspecified atom stereocenters. The first kappa shape index (κ1) is 25.3. The van der Waals surface area contributed by atoms with Gasteiger partial charge in [-0.3, -0.25) is 4.79 Å². The van der Waals surface area contributed by atoms with E-state index in [4.69, 9.17) is 10.5 Å². The molecule has 4 aliphatic carbocycles. The molecule has 4 rings (SSSR count). The molecule has 3 fully saturated rings. The lowest BCUT2D eigenvalue weighted by atomic mass is 9.47. The van der Waals surface area contributed by atoms with Crippen LogP contribution in [0.2, 0.25) is 0 Å². The van der Waals surface area contributed by atoms with Gasteiger partial charge in [0.2, 0.25) is 0 Å². The van der Waals surface area contributed by atoms with E-state index < -0.39 is 0 Å². The molecule has 4 aliphatic rings. The summed E-state index contributed by atoms with van der Waals surface area (Å²) in [5.41, 5.74) is 8.01. The minimum Gasteiger partial charge on any atom is -0.462 e. The third-order valence-corrected chi connectivity index (χ3v) is 10.9. The molecule has 33 heavy (non-hydrogen) atoms. The summed E-state index contributed by atoms with van der Waals surface area (Å²) in [4.78, 5) is 12.0. The van der Waals surface area contributed by atoms with Crippen LogP contribution in [0, 0.1) is 46.3 Å². The molecule has 2 N–H and O–H groups in total. The van der Waals surface area contributed by atoms with E-state index in [2.05, 4.69) is 40.7 Å². The summed E-state index contributed by atoms with van der Waals surface area (Å²) in [6, 6.07) is 0. The number of carbonyl (C=O) groups is 1. The molecule has 0 radical (unpaired) electrons. The fourth-order valence-electron chi connectivity index (χ4n) is 9.12. The predicted octanol–water partition coefficient (Wildman–Crippen LogP) is 7.29. The van der Waals surface area contributed by atoms with Gasteiger partial charge >= 0.3 is 5.97 Å². The lowest BCUT2D eigenvalue weighted by Crippen LogP contribution is -2.51. The zero-order valence-electron chi connectivity index (χ0n) is 22.2. The molecular formula is C30H51NO2. The SMILES string of the molecule is CC(C)CCC[C@@H](C)[C@H]1CCC2C3CC=C4CC(OC(=O)CCN)CC[C@]4(C)C3CC[C@@]21C. The van der Waals surface area contributed by atoms with Crippen molar-refractivity contribution in [1.82, 2.24) is 0 Å². The van der Waals surface area contributed by atoms with E-state index in [1.807, 2.05) is 0 Å². The Balaban J connectivity index is 1.43. The van der Waals surface area contributed by atoms with Gasteiger partial charge in [-0.05, 0) is 91.3 Å². The van der Waals surface area contributed by atoms with Gasteiger partial charge in [-0.15, -0.1) is 0 Å². The average Bonchev–Trinajstić information content (AvgIpc) is 3.11. The second-order valence-electron chi connectivity index (χ2n) is 13.2. The van der Waals surface area contributed by atoms with Crippen molar-refractivity contribution in [3.8, 4) is 0 Å². The number of rotatable bonds is 8. The second-order valence-corrected chi connectivity index (χ2v) is 13.2. The van der Waals surface area contributed by atoms with Crippen LogP contribution in [0.25, 0.3) is 0 Å². The fraction of sp³-hybridized carbons (Fsp3) is 0.900. The molecule has 0 heterocycles. The van der Waals surface area contributed by atoms with Crippen molar-refractivity contribution in [2.24, 2.45) is 52.1 Å². The number of allylic oxidation sites excluding steroid dienone is 1.